The Morgan fingerprint density at radius 1 is 1.18 bits per heavy atom. The summed E-state index contributed by atoms with van der Waals surface area (Å²) in [7, 11) is 3.84. The van der Waals surface area contributed by atoms with Gasteiger partial charge in [0.1, 0.15) is 6.61 Å². The van der Waals surface area contributed by atoms with Crippen LogP contribution in [0.25, 0.3) is 11.3 Å². The second kappa shape index (κ2) is 8.48. The fraction of sp³-hybridized carbons (Fsp3) is 0.190. The molecule has 0 fully saturated rings. The Morgan fingerprint density at radius 2 is 1.89 bits per heavy atom. The van der Waals surface area contributed by atoms with Crippen molar-refractivity contribution in [2.45, 2.75) is 6.61 Å². The van der Waals surface area contributed by atoms with Crippen LogP contribution in [0.15, 0.2) is 55.1 Å². The number of aliphatic hydroxyl groups is 1. The van der Waals surface area contributed by atoms with E-state index in [4.69, 9.17) is 11.6 Å². The Balaban J connectivity index is 2.19. The molecule has 0 aliphatic heterocycles. The molecule has 0 aliphatic carbocycles. The van der Waals surface area contributed by atoms with Crippen LogP contribution < -0.4 is 0 Å². The minimum absolute atomic E-state index is 0.181. The molecule has 28 heavy (non-hydrogen) atoms. The van der Waals surface area contributed by atoms with E-state index in [-0.39, 0.29) is 12.4 Å². The van der Waals surface area contributed by atoms with Crippen molar-refractivity contribution in [3.63, 3.8) is 0 Å². The molecule has 0 spiro atoms. The molecule has 6 nitrogen and oxygen atoms in total. The molecule has 144 valence electrons. The van der Waals surface area contributed by atoms with Crippen LogP contribution in [-0.2, 0) is 6.61 Å². The normalized spacial score (nSPS) is 11.0. The van der Waals surface area contributed by atoms with Gasteiger partial charge in [-0.05, 0) is 32.3 Å². The maximum Gasteiger partial charge on any atom is 0.195 e. The van der Waals surface area contributed by atoms with E-state index in [1.54, 1.807) is 47.0 Å². The van der Waals surface area contributed by atoms with Crippen molar-refractivity contribution < 1.29 is 9.90 Å². The highest BCUT2D eigenvalue weighted by molar-refractivity contribution is 6.31. The summed E-state index contributed by atoms with van der Waals surface area (Å²) in [5.41, 5.74) is 2.19. The van der Waals surface area contributed by atoms with Gasteiger partial charge in [-0.25, -0.2) is 0 Å². The van der Waals surface area contributed by atoms with Gasteiger partial charge in [0.25, 0.3) is 0 Å². The molecular formula is C21H21ClN4O2. The number of ketones is 1. The summed E-state index contributed by atoms with van der Waals surface area (Å²) in [6, 6.07) is 14.0. The SMILES string of the molecule is C=C(CN(C)C)c1nnc(CO)n1-c1ccc(Cl)cc1C(=O)c1ccccc1. The van der Waals surface area contributed by atoms with Crippen molar-refractivity contribution in [2.75, 3.05) is 20.6 Å². The van der Waals surface area contributed by atoms with Gasteiger partial charge in [-0.2, -0.15) is 0 Å². The predicted molar refractivity (Wildman–Crippen MR) is 110 cm³/mol. The van der Waals surface area contributed by atoms with Crippen LogP contribution >= 0.6 is 11.6 Å². The quantitative estimate of drug-likeness (QED) is 0.621. The molecule has 0 atom stereocenters. The van der Waals surface area contributed by atoms with E-state index < -0.39 is 0 Å². The highest BCUT2D eigenvalue weighted by Gasteiger charge is 2.22. The van der Waals surface area contributed by atoms with E-state index in [2.05, 4.69) is 16.8 Å². The lowest BCUT2D eigenvalue weighted by atomic mass is 10.0. The number of hydrogen-bond donors (Lipinski definition) is 1. The monoisotopic (exact) mass is 396 g/mol. The molecule has 1 aromatic heterocycles. The average molecular weight is 397 g/mol. The van der Waals surface area contributed by atoms with E-state index in [0.717, 1.165) is 0 Å². The second-order valence-corrected chi connectivity index (χ2v) is 7.07. The summed E-state index contributed by atoms with van der Waals surface area (Å²) in [4.78, 5) is 15.1. The van der Waals surface area contributed by atoms with Gasteiger partial charge in [-0.1, -0.05) is 48.5 Å². The number of aromatic nitrogens is 3. The molecule has 0 bridgehead atoms. The molecule has 0 radical (unpaired) electrons. The number of hydrogen-bond acceptors (Lipinski definition) is 5. The van der Waals surface area contributed by atoms with Crippen LogP contribution in [0.2, 0.25) is 5.02 Å². The van der Waals surface area contributed by atoms with Crippen molar-refractivity contribution in [3.05, 3.63) is 82.9 Å². The van der Waals surface area contributed by atoms with Crippen molar-refractivity contribution >= 4 is 23.0 Å². The van der Waals surface area contributed by atoms with Crippen LogP contribution in [0, 0.1) is 0 Å². The molecule has 0 aliphatic rings. The van der Waals surface area contributed by atoms with Crippen LogP contribution in [0.4, 0.5) is 0 Å². The highest BCUT2D eigenvalue weighted by atomic mass is 35.5. The third kappa shape index (κ3) is 4.04. The summed E-state index contributed by atoms with van der Waals surface area (Å²) in [5, 5.41) is 18.5. The fourth-order valence-electron chi connectivity index (χ4n) is 2.98. The molecule has 0 saturated heterocycles. The number of carbonyl (C=O) groups excluding carboxylic acids is 1. The summed E-state index contributed by atoms with van der Waals surface area (Å²) in [6.07, 6.45) is 0. The standard InChI is InChI=1S/C21H21ClN4O2/c1-14(12-25(2)3)21-24-23-19(13-27)26(21)18-10-9-16(22)11-17(18)20(28)15-7-5-4-6-8-15/h4-11,27H,1,12-13H2,2-3H3. The first-order chi connectivity index (χ1) is 13.4. The van der Waals surface area contributed by atoms with Gasteiger partial charge in [0.2, 0.25) is 0 Å². The number of rotatable bonds is 7. The number of halogens is 1. The van der Waals surface area contributed by atoms with E-state index in [1.165, 1.54) is 0 Å². The van der Waals surface area contributed by atoms with Crippen molar-refractivity contribution in [2.24, 2.45) is 0 Å². The number of carbonyl (C=O) groups is 1. The Labute approximate surface area is 168 Å². The van der Waals surface area contributed by atoms with Gasteiger partial charge in [0, 0.05) is 28.3 Å². The van der Waals surface area contributed by atoms with Gasteiger partial charge in [-0.15, -0.1) is 10.2 Å². The van der Waals surface area contributed by atoms with Crippen molar-refractivity contribution in [1.82, 2.24) is 19.7 Å². The molecule has 0 saturated carbocycles. The maximum atomic E-state index is 13.2. The lowest BCUT2D eigenvalue weighted by Gasteiger charge is -2.17. The summed E-state index contributed by atoms with van der Waals surface area (Å²) in [6.45, 7) is 4.32. The lowest BCUT2D eigenvalue weighted by molar-refractivity contribution is 0.103. The first kappa shape index (κ1) is 19.9. The molecule has 0 unspecified atom stereocenters. The van der Waals surface area contributed by atoms with Gasteiger partial charge < -0.3 is 10.0 Å². The minimum Gasteiger partial charge on any atom is -0.388 e. The topological polar surface area (TPSA) is 71.2 Å². The molecule has 0 amide bonds. The molecule has 3 rings (SSSR count). The number of benzene rings is 2. The summed E-state index contributed by atoms with van der Waals surface area (Å²) >= 11 is 6.19. The molecule has 7 heteroatoms. The molecule has 2 aromatic carbocycles. The van der Waals surface area contributed by atoms with E-state index in [9.17, 15) is 9.90 Å². The van der Waals surface area contributed by atoms with Crippen molar-refractivity contribution in [1.29, 1.82) is 0 Å². The van der Waals surface area contributed by atoms with Crippen LogP contribution in [0.5, 0.6) is 0 Å². The van der Waals surface area contributed by atoms with Gasteiger partial charge in [0.15, 0.2) is 17.4 Å². The van der Waals surface area contributed by atoms with Crippen molar-refractivity contribution in [3.8, 4) is 5.69 Å². The summed E-state index contributed by atoms with van der Waals surface area (Å²) in [5.74, 6) is 0.626. The van der Waals surface area contributed by atoms with Gasteiger partial charge in [0.05, 0.1) is 5.69 Å². The predicted octanol–water partition coefficient (Wildman–Crippen LogP) is 3.22. The number of nitrogens with zero attached hydrogens (tertiary/aromatic N) is 4. The number of aliphatic hydroxyl groups excluding tert-OH is 1. The fourth-order valence-corrected chi connectivity index (χ4v) is 3.16. The Hall–Kier alpha value is -2.80. The first-order valence-electron chi connectivity index (χ1n) is 8.70. The zero-order valence-corrected chi connectivity index (χ0v) is 16.5. The molecule has 3 aromatic rings. The molecule has 1 heterocycles. The molecular weight excluding hydrogens is 376 g/mol. The highest BCUT2D eigenvalue weighted by Crippen LogP contribution is 2.27. The summed E-state index contributed by atoms with van der Waals surface area (Å²) < 4.78 is 1.67. The Bertz CT molecular complexity index is 1010. The second-order valence-electron chi connectivity index (χ2n) is 6.63. The zero-order valence-electron chi connectivity index (χ0n) is 15.8. The number of likely N-dealkylation sites (N-methyl/N-ethyl adjacent to an activating group) is 1. The van der Waals surface area contributed by atoms with Crippen LogP contribution in [0.3, 0.4) is 0 Å². The van der Waals surface area contributed by atoms with Gasteiger partial charge >= 0.3 is 0 Å². The van der Waals surface area contributed by atoms with Crippen LogP contribution in [-0.4, -0.2) is 51.2 Å². The maximum absolute atomic E-state index is 13.2. The Kier molecular flexibility index (Phi) is 6.04. The zero-order chi connectivity index (χ0) is 20.3. The van der Waals surface area contributed by atoms with Crippen LogP contribution in [0.1, 0.15) is 27.6 Å². The van der Waals surface area contributed by atoms with E-state index >= 15 is 0 Å². The van der Waals surface area contributed by atoms with E-state index in [1.807, 2.05) is 25.1 Å². The largest absolute Gasteiger partial charge is 0.388 e. The third-order valence-corrected chi connectivity index (χ3v) is 4.41. The molecule has 1 N–H and O–H groups in total. The van der Waals surface area contributed by atoms with Gasteiger partial charge in [-0.3, -0.25) is 9.36 Å². The van der Waals surface area contributed by atoms with E-state index in [0.29, 0.717) is 45.6 Å². The lowest BCUT2D eigenvalue weighted by Crippen LogP contribution is -2.17. The third-order valence-electron chi connectivity index (χ3n) is 4.17. The smallest absolute Gasteiger partial charge is 0.195 e. The minimum atomic E-state index is -0.330. The first-order valence-corrected chi connectivity index (χ1v) is 9.08. The Morgan fingerprint density at radius 3 is 2.54 bits per heavy atom. The average Bonchev–Trinajstić information content (AvgIpc) is 3.11.